The second-order valence-corrected chi connectivity index (χ2v) is 9.56. The second-order valence-electron chi connectivity index (χ2n) is 7.94. The van der Waals surface area contributed by atoms with Crippen molar-refractivity contribution < 1.29 is 50.6 Å². The monoisotopic (exact) mass is 564 g/mol. The van der Waals surface area contributed by atoms with Crippen LogP contribution < -0.4 is 0 Å². The maximum absolute atomic E-state index is 11.9. The molecular formula is C26H44O11S. The number of hydrogen-bond acceptors (Lipinski definition) is 11. The van der Waals surface area contributed by atoms with E-state index >= 15 is 0 Å². The first kappa shape index (κ1) is 34.4. The maximum atomic E-state index is 11.9. The number of ether oxygens (including phenoxy) is 7. The van der Waals surface area contributed by atoms with Gasteiger partial charge in [-0.3, -0.25) is 8.98 Å². The molecule has 0 fully saturated rings. The Kier molecular flexibility index (Phi) is 22.1. The summed E-state index contributed by atoms with van der Waals surface area (Å²) in [4.78, 5) is 11.5. The fraction of sp³-hybridized carbons (Fsp3) is 0.731. The number of unbranched alkanes of at least 4 members (excludes halogenated alkanes) is 2. The number of rotatable bonds is 27. The Morgan fingerprint density at radius 2 is 1.03 bits per heavy atom. The number of hydrogen-bond donors (Lipinski definition) is 0. The van der Waals surface area contributed by atoms with E-state index in [1.807, 2.05) is 0 Å². The van der Waals surface area contributed by atoms with Crippen molar-refractivity contribution in [1.82, 2.24) is 0 Å². The van der Waals surface area contributed by atoms with Crippen molar-refractivity contribution in [3.63, 3.8) is 0 Å². The van der Waals surface area contributed by atoms with E-state index in [1.165, 1.54) is 12.1 Å². The predicted molar refractivity (Wildman–Crippen MR) is 140 cm³/mol. The van der Waals surface area contributed by atoms with Gasteiger partial charge in [-0.15, -0.1) is 0 Å². The third-order valence-corrected chi connectivity index (χ3v) is 6.16. The maximum Gasteiger partial charge on any atom is 0.305 e. The summed E-state index contributed by atoms with van der Waals surface area (Å²) in [5.74, 6) is -0.170. The molecule has 0 aliphatic heterocycles. The fourth-order valence-corrected chi connectivity index (χ4v) is 3.78. The Morgan fingerprint density at radius 1 is 0.605 bits per heavy atom. The quantitative estimate of drug-likeness (QED) is 0.0889. The van der Waals surface area contributed by atoms with Crippen LogP contribution in [0.5, 0.6) is 0 Å². The lowest BCUT2D eigenvalue weighted by molar-refractivity contribution is -0.145. The van der Waals surface area contributed by atoms with Gasteiger partial charge in [0, 0.05) is 6.42 Å². The first-order valence-corrected chi connectivity index (χ1v) is 14.5. The van der Waals surface area contributed by atoms with Crippen molar-refractivity contribution in [2.24, 2.45) is 0 Å². The van der Waals surface area contributed by atoms with E-state index in [0.717, 1.165) is 19.3 Å². The van der Waals surface area contributed by atoms with Crippen LogP contribution in [0, 0.1) is 0 Å². The summed E-state index contributed by atoms with van der Waals surface area (Å²) >= 11 is 0. The highest BCUT2D eigenvalue weighted by molar-refractivity contribution is 7.86. The molecule has 1 aromatic carbocycles. The average Bonchev–Trinajstić information content (AvgIpc) is 2.92. The van der Waals surface area contributed by atoms with E-state index in [2.05, 4.69) is 6.92 Å². The highest BCUT2D eigenvalue weighted by atomic mass is 32.2. The van der Waals surface area contributed by atoms with E-state index in [0.29, 0.717) is 79.1 Å². The van der Waals surface area contributed by atoms with Crippen LogP contribution in [-0.2, 0) is 52.3 Å². The highest BCUT2D eigenvalue weighted by Gasteiger charge is 2.13. The summed E-state index contributed by atoms with van der Waals surface area (Å²) in [6, 6.07) is 7.97. The van der Waals surface area contributed by atoms with Crippen LogP contribution in [0.1, 0.15) is 32.6 Å². The smallest absolute Gasteiger partial charge is 0.305 e. The molecule has 1 aromatic rings. The molecule has 0 unspecified atom stereocenters. The van der Waals surface area contributed by atoms with Gasteiger partial charge in [-0.2, -0.15) is 8.42 Å². The lowest BCUT2D eigenvalue weighted by atomic mass is 10.2. The molecule has 38 heavy (non-hydrogen) atoms. The predicted octanol–water partition coefficient (Wildman–Crippen LogP) is 2.62. The lowest BCUT2D eigenvalue weighted by Gasteiger charge is -2.09. The molecule has 0 heterocycles. The van der Waals surface area contributed by atoms with Gasteiger partial charge in [-0.25, -0.2) is 0 Å². The number of benzene rings is 1. The van der Waals surface area contributed by atoms with Crippen molar-refractivity contribution >= 4 is 16.1 Å². The summed E-state index contributed by atoms with van der Waals surface area (Å²) in [6.45, 7) is 7.09. The molecule has 1 rings (SSSR count). The molecule has 0 N–H and O–H groups in total. The van der Waals surface area contributed by atoms with Gasteiger partial charge in [0.1, 0.15) is 6.61 Å². The van der Waals surface area contributed by atoms with Gasteiger partial charge < -0.3 is 33.2 Å². The topological polar surface area (TPSA) is 125 Å². The minimum Gasteiger partial charge on any atom is -0.463 e. The van der Waals surface area contributed by atoms with Crippen LogP contribution >= 0.6 is 0 Å². The number of esters is 1. The van der Waals surface area contributed by atoms with E-state index in [1.54, 1.807) is 18.2 Å². The van der Waals surface area contributed by atoms with Crippen LogP contribution in [0.25, 0.3) is 0 Å². The molecule has 0 spiro atoms. The minimum atomic E-state index is -3.75. The van der Waals surface area contributed by atoms with E-state index in [-0.39, 0.29) is 30.7 Å². The zero-order chi connectivity index (χ0) is 27.6. The second kappa shape index (κ2) is 24.4. The van der Waals surface area contributed by atoms with Crippen LogP contribution in [0.4, 0.5) is 0 Å². The average molecular weight is 565 g/mol. The van der Waals surface area contributed by atoms with E-state index in [4.69, 9.17) is 37.3 Å². The van der Waals surface area contributed by atoms with Crippen molar-refractivity contribution in [2.45, 2.75) is 37.5 Å². The summed E-state index contributed by atoms with van der Waals surface area (Å²) in [5, 5.41) is 0. The Balaban J connectivity index is 1.73. The van der Waals surface area contributed by atoms with E-state index in [9.17, 15) is 13.2 Å². The summed E-state index contributed by atoms with van der Waals surface area (Å²) in [7, 11) is -3.75. The largest absolute Gasteiger partial charge is 0.463 e. The van der Waals surface area contributed by atoms with Crippen molar-refractivity contribution in [3.05, 3.63) is 30.3 Å². The molecule has 11 nitrogen and oxygen atoms in total. The van der Waals surface area contributed by atoms with E-state index < -0.39 is 10.1 Å². The summed E-state index contributed by atoms with van der Waals surface area (Å²) in [6.07, 6.45) is 3.46. The van der Waals surface area contributed by atoms with Crippen LogP contribution in [-0.4, -0.2) is 107 Å². The van der Waals surface area contributed by atoms with Crippen molar-refractivity contribution in [3.8, 4) is 0 Å². The van der Waals surface area contributed by atoms with Gasteiger partial charge in [0.15, 0.2) is 0 Å². The third kappa shape index (κ3) is 20.3. The van der Waals surface area contributed by atoms with Gasteiger partial charge in [-0.1, -0.05) is 38.0 Å². The Morgan fingerprint density at radius 3 is 1.47 bits per heavy atom. The molecule has 0 saturated carbocycles. The van der Waals surface area contributed by atoms with Crippen LogP contribution in [0.2, 0.25) is 0 Å². The molecule has 0 bridgehead atoms. The van der Waals surface area contributed by atoms with Crippen LogP contribution in [0.3, 0.4) is 0 Å². The van der Waals surface area contributed by atoms with Crippen molar-refractivity contribution in [1.29, 1.82) is 0 Å². The molecule has 0 radical (unpaired) electrons. The van der Waals surface area contributed by atoms with Crippen LogP contribution in [0.15, 0.2) is 35.2 Å². The first-order chi connectivity index (χ1) is 18.6. The van der Waals surface area contributed by atoms with Crippen molar-refractivity contribution in [2.75, 3.05) is 92.5 Å². The Labute approximate surface area is 227 Å². The Bertz CT molecular complexity index is 775. The molecule has 220 valence electrons. The number of carbonyl (C=O) groups is 1. The lowest BCUT2D eigenvalue weighted by Crippen LogP contribution is -2.15. The molecule has 0 aliphatic carbocycles. The summed E-state index contributed by atoms with van der Waals surface area (Å²) < 4.78 is 66.1. The third-order valence-electron chi connectivity index (χ3n) is 4.83. The van der Waals surface area contributed by atoms with Gasteiger partial charge in [0.2, 0.25) is 0 Å². The molecule has 0 aliphatic rings. The molecule has 0 saturated heterocycles. The van der Waals surface area contributed by atoms with Gasteiger partial charge in [-0.05, 0) is 18.6 Å². The van der Waals surface area contributed by atoms with Gasteiger partial charge in [0.05, 0.1) is 90.8 Å². The fourth-order valence-electron chi connectivity index (χ4n) is 2.87. The van der Waals surface area contributed by atoms with Gasteiger partial charge >= 0.3 is 5.97 Å². The molecule has 0 amide bonds. The zero-order valence-electron chi connectivity index (χ0n) is 22.5. The standard InChI is InChI=1S/C26H44O11S/c1-2-3-5-10-26(27)36-23-21-34-19-17-32-15-13-30-11-12-31-14-16-33-18-20-35-22-24-37-38(28,29)25-8-6-4-7-9-25/h4,6-9H,2-3,5,10-24H2,1H3. The molecule has 0 atom stereocenters. The zero-order valence-corrected chi connectivity index (χ0v) is 23.3. The summed E-state index contributed by atoms with van der Waals surface area (Å²) in [5.41, 5.74) is 0. The molecule has 12 heteroatoms. The van der Waals surface area contributed by atoms with Gasteiger partial charge in [0.25, 0.3) is 10.1 Å². The number of carbonyl (C=O) groups excluding carboxylic acids is 1. The first-order valence-electron chi connectivity index (χ1n) is 13.1. The minimum absolute atomic E-state index is 0.0585. The highest BCUT2D eigenvalue weighted by Crippen LogP contribution is 2.10. The normalized spacial score (nSPS) is 11.6. The molecule has 0 aromatic heterocycles. The Hall–Kier alpha value is -1.64. The SMILES string of the molecule is CCCCCC(=O)OCCOCCOCCOCCOCCOCCOCCOS(=O)(=O)c1ccccc1. The molecular weight excluding hydrogens is 520 g/mol.